The summed E-state index contributed by atoms with van der Waals surface area (Å²) in [4.78, 5) is 4.35. The summed E-state index contributed by atoms with van der Waals surface area (Å²) < 4.78 is 63.1. The summed E-state index contributed by atoms with van der Waals surface area (Å²) in [6.45, 7) is 1.84. The van der Waals surface area contributed by atoms with Crippen molar-refractivity contribution in [3.05, 3.63) is 76.8 Å². The van der Waals surface area contributed by atoms with E-state index in [1.807, 2.05) is 6.92 Å². The molecule has 8 nitrogen and oxygen atoms in total. The van der Waals surface area contributed by atoms with Gasteiger partial charge in [-0.05, 0) is 49.4 Å². The maximum atomic E-state index is 13.1. The van der Waals surface area contributed by atoms with Gasteiger partial charge in [-0.1, -0.05) is 29.8 Å². The molecule has 0 bridgehead atoms. The molecule has 2 N–H and O–H groups in total. The minimum Gasteiger partial charge on any atom is -0.443 e. The maximum Gasteiger partial charge on any atom is 0.295 e. The predicted molar refractivity (Wildman–Crippen MR) is 134 cm³/mol. The first-order valence-electron chi connectivity index (χ1n) is 9.82. The van der Waals surface area contributed by atoms with Crippen molar-refractivity contribution in [2.75, 3.05) is 9.44 Å². The van der Waals surface area contributed by atoms with E-state index < -0.39 is 20.0 Å². The van der Waals surface area contributed by atoms with Crippen LogP contribution in [-0.4, -0.2) is 21.8 Å². The molecule has 3 aromatic carbocycles. The van der Waals surface area contributed by atoms with Crippen LogP contribution in [0.2, 0.25) is 5.02 Å². The molecule has 34 heavy (non-hydrogen) atoms. The number of thiazole rings is 1. The zero-order chi connectivity index (χ0) is 24.1. The zero-order valence-corrected chi connectivity index (χ0v) is 20.6. The van der Waals surface area contributed by atoms with Gasteiger partial charge in [0.25, 0.3) is 20.0 Å². The van der Waals surface area contributed by atoms with Crippen LogP contribution < -0.4 is 9.44 Å². The molecule has 0 atom stereocenters. The van der Waals surface area contributed by atoms with Gasteiger partial charge in [-0.15, -0.1) is 11.3 Å². The lowest BCUT2D eigenvalue weighted by molar-refractivity contribution is 0.484. The van der Waals surface area contributed by atoms with Gasteiger partial charge in [-0.25, -0.2) is 13.4 Å². The third kappa shape index (κ3) is 4.34. The summed E-state index contributed by atoms with van der Waals surface area (Å²) in [5, 5.41) is 1.33. The van der Waals surface area contributed by atoms with Gasteiger partial charge in [0.05, 0.1) is 31.5 Å². The van der Waals surface area contributed by atoms with Crippen molar-refractivity contribution >= 4 is 75.5 Å². The molecule has 174 valence electrons. The lowest BCUT2D eigenvalue weighted by Crippen LogP contribution is -2.17. The van der Waals surface area contributed by atoms with Crippen LogP contribution >= 0.6 is 22.9 Å². The number of para-hydroxylation sites is 1. The summed E-state index contributed by atoms with van der Waals surface area (Å²) in [6, 6.07) is 17.0. The van der Waals surface area contributed by atoms with E-state index in [1.54, 1.807) is 30.3 Å². The van der Waals surface area contributed by atoms with Gasteiger partial charge in [-0.3, -0.25) is 9.44 Å². The molecule has 0 aliphatic carbocycles. The third-order valence-corrected chi connectivity index (χ3v) is 8.67. The summed E-state index contributed by atoms with van der Waals surface area (Å²) in [5.41, 5.74) is 1.06. The van der Waals surface area contributed by atoms with Crippen molar-refractivity contribution in [2.45, 2.75) is 16.9 Å². The molecule has 2 heterocycles. The van der Waals surface area contributed by atoms with E-state index in [9.17, 15) is 16.8 Å². The number of fused-ring (bicyclic) bond motifs is 2. The van der Waals surface area contributed by atoms with Gasteiger partial charge >= 0.3 is 0 Å². The number of furan rings is 1. The van der Waals surface area contributed by atoms with E-state index >= 15 is 0 Å². The number of hydrogen-bond acceptors (Lipinski definition) is 7. The monoisotopic (exact) mass is 533 g/mol. The predicted octanol–water partition coefficient (Wildman–Crippen LogP) is 5.61. The van der Waals surface area contributed by atoms with Gasteiger partial charge in [-0.2, -0.15) is 8.42 Å². The fourth-order valence-corrected chi connectivity index (χ4v) is 6.63. The SMILES string of the molecule is Cc1nc2ccc(S(=O)(=O)Nc3ccc(Cl)cc3NS(=O)(=O)c3cc4ccccc4o3)cc2s1. The third-order valence-electron chi connectivity index (χ3n) is 4.92. The van der Waals surface area contributed by atoms with Crippen LogP contribution in [-0.2, 0) is 20.0 Å². The first-order chi connectivity index (χ1) is 16.1. The second-order valence-corrected chi connectivity index (χ2v) is 12.3. The molecule has 12 heteroatoms. The van der Waals surface area contributed by atoms with Crippen LogP contribution in [0.3, 0.4) is 0 Å². The fourth-order valence-electron chi connectivity index (χ4n) is 3.37. The highest BCUT2D eigenvalue weighted by Crippen LogP contribution is 2.32. The zero-order valence-electron chi connectivity index (χ0n) is 17.4. The van der Waals surface area contributed by atoms with E-state index in [0.29, 0.717) is 16.5 Å². The Labute approximate surface area is 204 Å². The fraction of sp³-hybridized carbons (Fsp3) is 0.0455. The first-order valence-corrected chi connectivity index (χ1v) is 14.0. The second kappa shape index (κ2) is 8.27. The van der Waals surface area contributed by atoms with E-state index in [0.717, 1.165) is 9.71 Å². The molecule has 2 aromatic heterocycles. The van der Waals surface area contributed by atoms with Gasteiger partial charge in [0.1, 0.15) is 5.58 Å². The number of nitrogens with zero attached hydrogens (tertiary/aromatic N) is 1. The highest BCUT2D eigenvalue weighted by atomic mass is 35.5. The van der Waals surface area contributed by atoms with Crippen molar-refractivity contribution in [1.29, 1.82) is 0 Å². The number of hydrogen-bond donors (Lipinski definition) is 2. The smallest absolute Gasteiger partial charge is 0.295 e. The average Bonchev–Trinajstić information content (AvgIpc) is 3.38. The Bertz CT molecular complexity index is 1740. The Hall–Kier alpha value is -3.12. The molecule has 0 saturated carbocycles. The lowest BCUT2D eigenvalue weighted by atomic mass is 10.3. The number of benzene rings is 3. The van der Waals surface area contributed by atoms with E-state index in [-0.39, 0.29) is 26.4 Å². The molecule has 0 saturated heterocycles. The van der Waals surface area contributed by atoms with Crippen molar-refractivity contribution in [2.24, 2.45) is 0 Å². The molecule has 5 aromatic rings. The summed E-state index contributed by atoms with van der Waals surface area (Å²) in [7, 11) is -8.22. The molecule has 0 radical (unpaired) electrons. The summed E-state index contributed by atoms with van der Waals surface area (Å²) in [5.74, 6) is 0. The molecule has 0 unspecified atom stereocenters. The topological polar surface area (TPSA) is 118 Å². The highest BCUT2D eigenvalue weighted by Gasteiger charge is 2.23. The molecule has 0 fully saturated rings. The summed E-state index contributed by atoms with van der Waals surface area (Å²) in [6.07, 6.45) is 0. The molecule has 5 rings (SSSR count). The first kappa shape index (κ1) is 22.7. The Morgan fingerprint density at radius 3 is 2.44 bits per heavy atom. The average molecular weight is 534 g/mol. The number of nitrogens with one attached hydrogen (secondary N) is 2. The van der Waals surface area contributed by atoms with Crippen LogP contribution in [0.1, 0.15) is 5.01 Å². The summed E-state index contributed by atoms with van der Waals surface area (Å²) >= 11 is 7.45. The Morgan fingerprint density at radius 2 is 1.65 bits per heavy atom. The Kier molecular flexibility index (Phi) is 5.52. The van der Waals surface area contributed by atoms with Crippen molar-refractivity contribution < 1.29 is 21.3 Å². The molecular formula is C22H16ClN3O5S3. The molecule has 0 amide bonds. The van der Waals surface area contributed by atoms with Crippen LogP contribution in [0.15, 0.2) is 81.1 Å². The Morgan fingerprint density at radius 1 is 0.882 bits per heavy atom. The van der Waals surface area contributed by atoms with Gasteiger partial charge < -0.3 is 4.42 Å². The number of aromatic nitrogens is 1. The highest BCUT2D eigenvalue weighted by molar-refractivity contribution is 7.93. The van der Waals surface area contributed by atoms with Crippen LogP contribution in [0.4, 0.5) is 11.4 Å². The van der Waals surface area contributed by atoms with Gasteiger partial charge in [0, 0.05) is 16.5 Å². The molecule has 0 spiro atoms. The van der Waals surface area contributed by atoms with Crippen LogP contribution in [0, 0.1) is 6.92 Å². The molecule has 0 aliphatic rings. The van der Waals surface area contributed by atoms with E-state index in [1.165, 1.54) is 47.7 Å². The second-order valence-electron chi connectivity index (χ2n) is 7.37. The van der Waals surface area contributed by atoms with Gasteiger partial charge in [0.2, 0.25) is 5.09 Å². The number of anilines is 2. The number of rotatable bonds is 6. The van der Waals surface area contributed by atoms with Crippen LogP contribution in [0.25, 0.3) is 21.2 Å². The number of halogens is 1. The molecule has 0 aliphatic heterocycles. The number of sulfonamides is 2. The van der Waals surface area contributed by atoms with Gasteiger partial charge in [0.15, 0.2) is 0 Å². The minimum absolute atomic E-state index is 0.00432. The normalized spacial score (nSPS) is 12.3. The maximum absolute atomic E-state index is 13.1. The quantitative estimate of drug-likeness (QED) is 0.293. The number of aryl methyl sites for hydroxylation is 1. The van der Waals surface area contributed by atoms with E-state index in [2.05, 4.69) is 14.4 Å². The Balaban J connectivity index is 1.49. The minimum atomic E-state index is -4.18. The van der Waals surface area contributed by atoms with Crippen molar-refractivity contribution in [1.82, 2.24) is 4.98 Å². The van der Waals surface area contributed by atoms with Crippen molar-refractivity contribution in [3.63, 3.8) is 0 Å². The molecular weight excluding hydrogens is 518 g/mol. The standard InChI is InChI=1S/C22H16ClN3O5S3/c1-13-24-18-9-7-16(12-21(18)32-13)33(27,28)25-17-8-6-15(23)11-19(17)26-34(29,30)22-10-14-4-2-3-5-20(14)31-22/h2-12,25-26H,1H3. The van der Waals surface area contributed by atoms with E-state index in [4.69, 9.17) is 16.0 Å². The largest absolute Gasteiger partial charge is 0.443 e. The lowest BCUT2D eigenvalue weighted by Gasteiger charge is -2.14. The van der Waals surface area contributed by atoms with Crippen molar-refractivity contribution in [3.8, 4) is 0 Å². The van der Waals surface area contributed by atoms with Crippen LogP contribution in [0.5, 0.6) is 0 Å².